The summed E-state index contributed by atoms with van der Waals surface area (Å²) < 4.78 is 10.3. The van der Waals surface area contributed by atoms with Crippen molar-refractivity contribution < 1.29 is 19.1 Å². The van der Waals surface area contributed by atoms with Crippen LogP contribution in [0.15, 0.2) is 0 Å². The summed E-state index contributed by atoms with van der Waals surface area (Å²) in [6.07, 6.45) is 5.31. The number of unbranched alkanes of at least 4 members (excludes halogenated alkanes) is 1. The van der Waals surface area contributed by atoms with Crippen LogP contribution in [0, 0.1) is 0 Å². The molecule has 1 heterocycles. The van der Waals surface area contributed by atoms with E-state index in [0.29, 0.717) is 23.8 Å². The fraction of sp³-hybridized carbons (Fsp3) is 0.625. The van der Waals surface area contributed by atoms with Gasteiger partial charge in [0.05, 0.1) is 18.8 Å². The smallest absolute Gasteiger partial charge is 0.412 e. The summed E-state index contributed by atoms with van der Waals surface area (Å²) in [5.41, 5.74) is 1.56. The highest BCUT2D eigenvalue weighted by molar-refractivity contribution is 7.17. The van der Waals surface area contributed by atoms with Crippen molar-refractivity contribution in [3.05, 3.63) is 16.0 Å². The summed E-state index contributed by atoms with van der Waals surface area (Å²) in [5, 5.41) is 3.28. The first-order chi connectivity index (χ1) is 10.7. The van der Waals surface area contributed by atoms with Crippen LogP contribution in [0.5, 0.6) is 0 Å². The molecule has 1 aromatic heterocycles. The molecule has 0 spiro atoms. The van der Waals surface area contributed by atoms with E-state index in [2.05, 4.69) is 5.32 Å². The number of ether oxygens (including phenoxy) is 2. The molecule has 0 fully saturated rings. The van der Waals surface area contributed by atoms with Crippen LogP contribution in [-0.2, 0) is 22.3 Å². The Morgan fingerprint density at radius 1 is 1.18 bits per heavy atom. The maximum absolute atomic E-state index is 12.2. The lowest BCUT2D eigenvalue weighted by molar-refractivity contribution is 0.0526. The zero-order valence-corrected chi connectivity index (χ0v) is 14.0. The van der Waals surface area contributed by atoms with Crippen molar-refractivity contribution in [1.29, 1.82) is 0 Å². The minimum Gasteiger partial charge on any atom is -0.462 e. The van der Waals surface area contributed by atoms with Crippen LogP contribution in [0.25, 0.3) is 0 Å². The van der Waals surface area contributed by atoms with Gasteiger partial charge in [-0.3, -0.25) is 5.32 Å². The van der Waals surface area contributed by atoms with Crippen molar-refractivity contribution in [3.8, 4) is 0 Å². The van der Waals surface area contributed by atoms with Gasteiger partial charge in [0.25, 0.3) is 0 Å². The maximum Gasteiger partial charge on any atom is 0.412 e. The number of amides is 1. The van der Waals surface area contributed by atoms with Crippen molar-refractivity contribution in [2.45, 2.75) is 52.4 Å². The number of thiophene rings is 1. The zero-order valence-electron chi connectivity index (χ0n) is 13.2. The molecule has 2 rings (SSSR count). The second-order valence-corrected chi connectivity index (χ2v) is 6.36. The van der Waals surface area contributed by atoms with Gasteiger partial charge >= 0.3 is 12.1 Å². The monoisotopic (exact) mass is 325 g/mol. The van der Waals surface area contributed by atoms with E-state index in [9.17, 15) is 9.59 Å². The SMILES string of the molecule is CCCCOC(=O)Nc1sc2c(c1C(=O)OCC)CCCC2. The highest BCUT2D eigenvalue weighted by atomic mass is 32.1. The van der Waals surface area contributed by atoms with Gasteiger partial charge in [-0.05, 0) is 44.6 Å². The average molecular weight is 325 g/mol. The molecule has 22 heavy (non-hydrogen) atoms. The van der Waals surface area contributed by atoms with Crippen molar-refractivity contribution in [1.82, 2.24) is 0 Å². The van der Waals surface area contributed by atoms with Gasteiger partial charge in [-0.1, -0.05) is 13.3 Å². The number of carbonyl (C=O) groups excluding carboxylic acids is 2. The van der Waals surface area contributed by atoms with Crippen molar-refractivity contribution in [2.75, 3.05) is 18.5 Å². The van der Waals surface area contributed by atoms with Crippen LogP contribution in [-0.4, -0.2) is 25.3 Å². The number of anilines is 1. The number of fused-ring (bicyclic) bond motifs is 1. The number of esters is 1. The summed E-state index contributed by atoms with van der Waals surface area (Å²) in [6.45, 7) is 4.53. The molecule has 0 unspecified atom stereocenters. The van der Waals surface area contributed by atoms with Gasteiger partial charge in [0.1, 0.15) is 5.00 Å². The quantitative estimate of drug-likeness (QED) is 0.630. The Labute approximate surface area is 135 Å². The predicted molar refractivity (Wildman–Crippen MR) is 86.8 cm³/mol. The molecule has 1 aliphatic carbocycles. The first-order valence-corrected chi connectivity index (χ1v) is 8.74. The topological polar surface area (TPSA) is 64.6 Å². The number of hydrogen-bond donors (Lipinski definition) is 1. The molecular weight excluding hydrogens is 302 g/mol. The van der Waals surface area contributed by atoms with Crippen molar-refractivity contribution in [3.63, 3.8) is 0 Å². The Kier molecular flexibility index (Phi) is 6.24. The van der Waals surface area contributed by atoms with Crippen LogP contribution in [0.3, 0.4) is 0 Å². The molecule has 5 nitrogen and oxygen atoms in total. The molecule has 1 amide bonds. The molecule has 0 aliphatic heterocycles. The third-order valence-electron chi connectivity index (χ3n) is 3.60. The van der Waals surface area contributed by atoms with E-state index in [0.717, 1.165) is 44.1 Å². The summed E-state index contributed by atoms with van der Waals surface area (Å²) >= 11 is 1.47. The fourth-order valence-corrected chi connectivity index (χ4v) is 3.77. The highest BCUT2D eigenvalue weighted by Gasteiger charge is 2.27. The summed E-state index contributed by atoms with van der Waals surface area (Å²) in [4.78, 5) is 25.3. The molecule has 1 N–H and O–H groups in total. The van der Waals surface area contributed by atoms with E-state index in [1.54, 1.807) is 6.92 Å². The Bertz CT molecular complexity index is 538. The van der Waals surface area contributed by atoms with E-state index in [1.807, 2.05) is 6.92 Å². The Morgan fingerprint density at radius 2 is 1.95 bits per heavy atom. The minimum absolute atomic E-state index is 0.323. The largest absolute Gasteiger partial charge is 0.462 e. The molecule has 1 aromatic rings. The van der Waals surface area contributed by atoms with Gasteiger partial charge in [0.2, 0.25) is 0 Å². The zero-order chi connectivity index (χ0) is 15.9. The Hall–Kier alpha value is -1.56. The summed E-state index contributed by atoms with van der Waals surface area (Å²) in [6, 6.07) is 0. The summed E-state index contributed by atoms with van der Waals surface area (Å²) in [7, 11) is 0. The first-order valence-electron chi connectivity index (χ1n) is 7.92. The molecule has 1 aliphatic rings. The molecule has 0 saturated heterocycles. The van der Waals surface area contributed by atoms with Crippen molar-refractivity contribution >= 4 is 28.4 Å². The van der Waals surface area contributed by atoms with Crippen LogP contribution in [0.4, 0.5) is 9.80 Å². The Morgan fingerprint density at radius 3 is 2.68 bits per heavy atom. The second kappa shape index (κ2) is 8.17. The normalized spacial score (nSPS) is 13.4. The molecule has 0 radical (unpaired) electrons. The fourth-order valence-electron chi connectivity index (χ4n) is 2.51. The standard InChI is InChI=1S/C16H23NO4S/c1-3-5-10-21-16(19)17-14-13(15(18)20-4-2)11-8-6-7-9-12(11)22-14/h3-10H2,1-2H3,(H,17,19). The molecule has 0 bridgehead atoms. The van der Waals surface area contributed by atoms with Crippen molar-refractivity contribution in [2.24, 2.45) is 0 Å². The van der Waals surface area contributed by atoms with Gasteiger partial charge in [0.15, 0.2) is 0 Å². The molecular formula is C16H23NO4S. The van der Waals surface area contributed by atoms with E-state index < -0.39 is 6.09 Å². The molecule has 122 valence electrons. The van der Waals surface area contributed by atoms with Gasteiger partial charge in [0, 0.05) is 4.88 Å². The van der Waals surface area contributed by atoms with Crippen LogP contribution in [0.1, 0.15) is 60.3 Å². The Balaban J connectivity index is 2.17. The third kappa shape index (κ3) is 4.00. The molecule has 0 aromatic carbocycles. The number of aryl methyl sites for hydroxylation is 1. The third-order valence-corrected chi connectivity index (χ3v) is 4.80. The first kappa shape index (κ1) is 16.8. The molecule has 0 saturated carbocycles. The van der Waals surface area contributed by atoms with Gasteiger partial charge in [-0.2, -0.15) is 0 Å². The predicted octanol–water partition coefficient (Wildman–Crippen LogP) is 4.15. The lowest BCUT2D eigenvalue weighted by Crippen LogP contribution is -2.17. The maximum atomic E-state index is 12.2. The lowest BCUT2D eigenvalue weighted by atomic mass is 9.95. The molecule has 0 atom stereocenters. The van der Waals surface area contributed by atoms with Crippen LogP contribution < -0.4 is 5.32 Å². The van der Waals surface area contributed by atoms with Gasteiger partial charge in [-0.15, -0.1) is 11.3 Å². The minimum atomic E-state index is -0.502. The lowest BCUT2D eigenvalue weighted by Gasteiger charge is -2.12. The second-order valence-electron chi connectivity index (χ2n) is 5.25. The van der Waals surface area contributed by atoms with E-state index >= 15 is 0 Å². The number of rotatable bonds is 6. The van der Waals surface area contributed by atoms with Crippen LogP contribution >= 0.6 is 11.3 Å². The summed E-state index contributed by atoms with van der Waals surface area (Å²) in [5.74, 6) is -0.356. The van der Waals surface area contributed by atoms with E-state index in [1.165, 1.54) is 16.2 Å². The highest BCUT2D eigenvalue weighted by Crippen LogP contribution is 2.38. The van der Waals surface area contributed by atoms with Gasteiger partial charge < -0.3 is 9.47 Å². The molecule has 6 heteroatoms. The van der Waals surface area contributed by atoms with Crippen LogP contribution in [0.2, 0.25) is 0 Å². The number of hydrogen-bond acceptors (Lipinski definition) is 5. The van der Waals surface area contributed by atoms with Gasteiger partial charge in [-0.25, -0.2) is 9.59 Å². The number of carbonyl (C=O) groups is 2. The van der Waals surface area contributed by atoms with E-state index in [4.69, 9.17) is 9.47 Å². The number of nitrogens with one attached hydrogen (secondary N) is 1. The van der Waals surface area contributed by atoms with E-state index in [-0.39, 0.29) is 5.97 Å². The average Bonchev–Trinajstić information content (AvgIpc) is 2.85.